The van der Waals surface area contributed by atoms with E-state index in [1.807, 2.05) is 20.9 Å². The second kappa shape index (κ2) is 13.3. The lowest BCUT2D eigenvalue weighted by Gasteiger charge is -2.07. The van der Waals surface area contributed by atoms with Gasteiger partial charge in [-0.15, -0.1) is 0 Å². The van der Waals surface area contributed by atoms with Crippen molar-refractivity contribution in [2.45, 2.75) is 40.5 Å². The van der Waals surface area contributed by atoms with E-state index < -0.39 is 0 Å². The van der Waals surface area contributed by atoms with E-state index in [0.717, 1.165) is 12.5 Å². The summed E-state index contributed by atoms with van der Waals surface area (Å²) in [5.41, 5.74) is 0. The van der Waals surface area contributed by atoms with Crippen LogP contribution in [0.15, 0.2) is 12.2 Å². The molecule has 74 valence electrons. The second-order valence-corrected chi connectivity index (χ2v) is 2.59. The highest BCUT2D eigenvalue weighted by Crippen LogP contribution is 2.08. The summed E-state index contributed by atoms with van der Waals surface area (Å²) < 4.78 is 0. The molecule has 0 radical (unpaired) electrons. The molecule has 12 heavy (non-hydrogen) atoms. The highest BCUT2D eigenvalue weighted by atomic mass is 14.8. The fourth-order valence-electron chi connectivity index (χ4n) is 1.04. The van der Waals surface area contributed by atoms with Crippen LogP contribution in [0.5, 0.6) is 0 Å². The SMILES string of the molecule is C/C=C\C(CC)CCNC.CC. The van der Waals surface area contributed by atoms with E-state index in [0.29, 0.717) is 0 Å². The molecule has 0 aliphatic carbocycles. The lowest BCUT2D eigenvalue weighted by atomic mass is 10.0. The molecular formula is C11H25N. The van der Waals surface area contributed by atoms with Crippen molar-refractivity contribution in [1.29, 1.82) is 0 Å². The fraction of sp³-hybridized carbons (Fsp3) is 0.818. The molecule has 0 fully saturated rings. The molecule has 0 heterocycles. The summed E-state index contributed by atoms with van der Waals surface area (Å²) in [4.78, 5) is 0. The Morgan fingerprint density at radius 3 is 2.25 bits per heavy atom. The van der Waals surface area contributed by atoms with Crippen LogP contribution >= 0.6 is 0 Å². The monoisotopic (exact) mass is 171 g/mol. The largest absolute Gasteiger partial charge is 0.320 e. The first-order valence-corrected chi connectivity index (χ1v) is 5.12. The van der Waals surface area contributed by atoms with E-state index in [1.54, 1.807) is 0 Å². The van der Waals surface area contributed by atoms with Crippen LogP contribution in [-0.2, 0) is 0 Å². The Balaban J connectivity index is 0. The van der Waals surface area contributed by atoms with E-state index in [-0.39, 0.29) is 0 Å². The van der Waals surface area contributed by atoms with Crippen LogP contribution in [0.25, 0.3) is 0 Å². The molecule has 0 amide bonds. The van der Waals surface area contributed by atoms with Crippen molar-refractivity contribution in [3.05, 3.63) is 12.2 Å². The summed E-state index contributed by atoms with van der Waals surface area (Å²) in [6.07, 6.45) is 6.95. The third-order valence-corrected chi connectivity index (χ3v) is 1.75. The number of rotatable bonds is 5. The van der Waals surface area contributed by atoms with Gasteiger partial charge >= 0.3 is 0 Å². The topological polar surface area (TPSA) is 12.0 Å². The van der Waals surface area contributed by atoms with Crippen molar-refractivity contribution in [3.8, 4) is 0 Å². The first-order chi connectivity index (χ1) is 5.85. The predicted octanol–water partition coefficient (Wildman–Crippen LogP) is 3.22. The summed E-state index contributed by atoms with van der Waals surface area (Å²) in [6, 6.07) is 0. The standard InChI is InChI=1S/C9H19N.C2H6/c1-4-6-9(5-2)7-8-10-3;1-2/h4,6,9-10H,5,7-8H2,1-3H3;1-2H3/b6-4-;. The molecule has 1 atom stereocenters. The van der Waals surface area contributed by atoms with E-state index >= 15 is 0 Å². The van der Waals surface area contributed by atoms with Gasteiger partial charge in [0.05, 0.1) is 0 Å². The van der Waals surface area contributed by atoms with E-state index in [4.69, 9.17) is 0 Å². The average Bonchev–Trinajstić information content (AvgIpc) is 2.15. The molecule has 0 spiro atoms. The maximum atomic E-state index is 3.16. The molecule has 0 aromatic rings. The highest BCUT2D eigenvalue weighted by Gasteiger charge is 1.98. The van der Waals surface area contributed by atoms with Crippen molar-refractivity contribution in [1.82, 2.24) is 5.32 Å². The number of allylic oxidation sites excluding steroid dienone is 2. The Bertz CT molecular complexity index is 87.0. The summed E-state index contributed by atoms with van der Waals surface area (Å²) in [7, 11) is 2.00. The first kappa shape index (κ1) is 14.2. The Kier molecular flexibility index (Phi) is 15.8. The fourth-order valence-corrected chi connectivity index (χ4v) is 1.04. The van der Waals surface area contributed by atoms with Crippen molar-refractivity contribution in [2.75, 3.05) is 13.6 Å². The van der Waals surface area contributed by atoms with Gasteiger partial charge in [0.25, 0.3) is 0 Å². The van der Waals surface area contributed by atoms with Crippen molar-refractivity contribution < 1.29 is 0 Å². The van der Waals surface area contributed by atoms with Gasteiger partial charge in [-0.1, -0.05) is 32.9 Å². The molecule has 1 unspecified atom stereocenters. The molecule has 0 saturated heterocycles. The van der Waals surface area contributed by atoms with Gasteiger partial charge in [-0.2, -0.15) is 0 Å². The predicted molar refractivity (Wildman–Crippen MR) is 58.5 cm³/mol. The van der Waals surface area contributed by atoms with E-state index in [2.05, 4.69) is 31.3 Å². The molecule has 0 aromatic carbocycles. The molecule has 0 saturated carbocycles. The lowest BCUT2D eigenvalue weighted by molar-refractivity contribution is 0.551. The van der Waals surface area contributed by atoms with Crippen LogP contribution in [0.4, 0.5) is 0 Å². The summed E-state index contributed by atoms with van der Waals surface area (Å²) >= 11 is 0. The van der Waals surface area contributed by atoms with Crippen LogP contribution < -0.4 is 5.32 Å². The van der Waals surface area contributed by atoms with Gasteiger partial charge in [-0.05, 0) is 39.3 Å². The Morgan fingerprint density at radius 1 is 1.33 bits per heavy atom. The normalized spacial score (nSPS) is 12.4. The van der Waals surface area contributed by atoms with Crippen molar-refractivity contribution in [3.63, 3.8) is 0 Å². The molecule has 1 heteroatoms. The van der Waals surface area contributed by atoms with Gasteiger partial charge in [0, 0.05) is 0 Å². The average molecular weight is 171 g/mol. The zero-order chi connectivity index (χ0) is 9.82. The summed E-state index contributed by atoms with van der Waals surface area (Å²) in [6.45, 7) is 9.45. The highest BCUT2D eigenvalue weighted by molar-refractivity contribution is 4.84. The first-order valence-electron chi connectivity index (χ1n) is 5.12. The summed E-state index contributed by atoms with van der Waals surface area (Å²) in [5, 5.41) is 3.16. The third kappa shape index (κ3) is 9.70. The molecule has 1 N–H and O–H groups in total. The minimum atomic E-state index is 0.775. The molecule has 0 aromatic heterocycles. The Labute approximate surface area is 78.3 Å². The minimum Gasteiger partial charge on any atom is -0.320 e. The van der Waals surface area contributed by atoms with Crippen molar-refractivity contribution in [2.24, 2.45) is 5.92 Å². The number of hydrogen-bond donors (Lipinski definition) is 1. The third-order valence-electron chi connectivity index (χ3n) is 1.75. The van der Waals surface area contributed by atoms with Gasteiger partial charge in [0.2, 0.25) is 0 Å². The number of hydrogen-bond acceptors (Lipinski definition) is 1. The minimum absolute atomic E-state index is 0.775. The second-order valence-electron chi connectivity index (χ2n) is 2.59. The molecule has 0 aliphatic rings. The molecule has 0 bridgehead atoms. The van der Waals surface area contributed by atoms with E-state index in [1.165, 1.54) is 12.8 Å². The maximum absolute atomic E-state index is 3.16. The smallest absolute Gasteiger partial charge is 0.00463 e. The molecular weight excluding hydrogens is 146 g/mol. The summed E-state index contributed by atoms with van der Waals surface area (Å²) in [5.74, 6) is 0.775. The molecule has 0 aliphatic heterocycles. The van der Waals surface area contributed by atoms with Gasteiger partial charge in [0.1, 0.15) is 0 Å². The Hall–Kier alpha value is -0.300. The van der Waals surface area contributed by atoms with Gasteiger partial charge < -0.3 is 5.32 Å². The van der Waals surface area contributed by atoms with Crippen LogP contribution in [0.3, 0.4) is 0 Å². The van der Waals surface area contributed by atoms with Crippen LogP contribution in [0, 0.1) is 5.92 Å². The van der Waals surface area contributed by atoms with E-state index in [9.17, 15) is 0 Å². The zero-order valence-electron chi connectivity index (χ0n) is 9.35. The lowest BCUT2D eigenvalue weighted by Crippen LogP contribution is -2.11. The molecule has 1 nitrogen and oxygen atoms in total. The van der Waals surface area contributed by atoms with Crippen molar-refractivity contribution >= 4 is 0 Å². The van der Waals surface area contributed by atoms with Crippen LogP contribution in [-0.4, -0.2) is 13.6 Å². The Morgan fingerprint density at radius 2 is 1.92 bits per heavy atom. The van der Waals surface area contributed by atoms with Gasteiger partial charge in [-0.25, -0.2) is 0 Å². The van der Waals surface area contributed by atoms with Crippen LogP contribution in [0.2, 0.25) is 0 Å². The zero-order valence-corrected chi connectivity index (χ0v) is 9.35. The molecule has 0 rings (SSSR count). The van der Waals surface area contributed by atoms with Gasteiger partial charge in [0.15, 0.2) is 0 Å². The maximum Gasteiger partial charge on any atom is -0.00463 e. The van der Waals surface area contributed by atoms with Gasteiger partial charge in [-0.3, -0.25) is 0 Å². The quantitative estimate of drug-likeness (QED) is 0.626. The number of nitrogens with one attached hydrogen (secondary N) is 1. The van der Waals surface area contributed by atoms with Crippen LogP contribution in [0.1, 0.15) is 40.5 Å².